The maximum Gasteiger partial charge on any atom is 0.348 e. The van der Waals surface area contributed by atoms with Gasteiger partial charge < -0.3 is 5.32 Å². The summed E-state index contributed by atoms with van der Waals surface area (Å²) in [6, 6.07) is 8.14. The van der Waals surface area contributed by atoms with Crippen molar-refractivity contribution in [3.63, 3.8) is 0 Å². The highest BCUT2D eigenvalue weighted by atomic mass is 35.5. The van der Waals surface area contributed by atoms with E-state index >= 15 is 0 Å². The second-order valence-corrected chi connectivity index (χ2v) is 5.49. The number of rotatable bonds is 4. The van der Waals surface area contributed by atoms with E-state index < -0.39 is 11.7 Å². The lowest BCUT2D eigenvalue weighted by atomic mass is 10.1. The van der Waals surface area contributed by atoms with E-state index in [1.165, 1.54) is 4.57 Å². The number of amides is 1. The molecule has 116 valence electrons. The predicted molar refractivity (Wildman–Crippen MR) is 87.4 cm³/mol. The lowest BCUT2D eigenvalue weighted by molar-refractivity contribution is -0.119. The molecule has 5 nitrogen and oxygen atoms in total. The first-order valence-corrected chi connectivity index (χ1v) is 7.44. The lowest BCUT2D eigenvalue weighted by Crippen LogP contribution is -2.36. The normalized spacial score (nSPS) is 12.0. The third-order valence-electron chi connectivity index (χ3n) is 3.41. The molecule has 0 radical (unpaired) electrons. The summed E-state index contributed by atoms with van der Waals surface area (Å²) in [5.41, 5.74) is 1.45. The van der Waals surface area contributed by atoms with E-state index in [0.29, 0.717) is 28.5 Å². The summed E-state index contributed by atoms with van der Waals surface area (Å²) in [6.07, 6.45) is 0.474. The molecule has 1 aromatic carbocycles. The van der Waals surface area contributed by atoms with Crippen LogP contribution in [0, 0.1) is 13.8 Å². The smallest absolute Gasteiger partial charge is 0.323 e. The van der Waals surface area contributed by atoms with Gasteiger partial charge in [0.2, 0.25) is 5.91 Å². The molecule has 0 aliphatic rings. The number of benzene rings is 1. The maximum atomic E-state index is 12.5. The summed E-state index contributed by atoms with van der Waals surface area (Å²) in [6.45, 7) is 5.40. The topological polar surface area (TPSA) is 64.0 Å². The molecule has 2 aromatic rings. The van der Waals surface area contributed by atoms with Gasteiger partial charge in [0.25, 0.3) is 0 Å². The molecule has 1 aromatic heterocycles. The van der Waals surface area contributed by atoms with Crippen molar-refractivity contribution in [2.24, 2.45) is 0 Å². The van der Waals surface area contributed by atoms with Crippen molar-refractivity contribution >= 4 is 23.2 Å². The van der Waals surface area contributed by atoms with Crippen LogP contribution in [-0.2, 0) is 4.79 Å². The molecule has 0 aliphatic carbocycles. The number of carbonyl (C=O) groups excluding carboxylic acids is 1. The fourth-order valence-corrected chi connectivity index (χ4v) is 2.59. The number of nitrogens with zero attached hydrogens (tertiary/aromatic N) is 2. The van der Waals surface area contributed by atoms with Gasteiger partial charge in [0.1, 0.15) is 6.04 Å². The zero-order valence-corrected chi connectivity index (χ0v) is 13.5. The summed E-state index contributed by atoms with van der Waals surface area (Å²) in [4.78, 5) is 28.6. The Morgan fingerprint density at radius 1 is 1.36 bits per heavy atom. The van der Waals surface area contributed by atoms with Crippen molar-refractivity contribution in [3.05, 3.63) is 57.2 Å². The minimum atomic E-state index is -0.628. The number of para-hydroxylation sites is 1. The zero-order chi connectivity index (χ0) is 16.3. The van der Waals surface area contributed by atoms with Crippen LogP contribution in [0.25, 0.3) is 0 Å². The van der Waals surface area contributed by atoms with Gasteiger partial charge in [0.15, 0.2) is 0 Å². The number of anilines is 1. The summed E-state index contributed by atoms with van der Waals surface area (Å²) >= 11 is 6.05. The van der Waals surface area contributed by atoms with E-state index in [9.17, 15) is 9.59 Å². The van der Waals surface area contributed by atoms with E-state index in [4.69, 9.17) is 11.6 Å². The Labute approximate surface area is 134 Å². The largest absolute Gasteiger partial charge is 0.348 e. The first-order chi connectivity index (χ1) is 10.4. The van der Waals surface area contributed by atoms with Crippen LogP contribution in [0.5, 0.6) is 0 Å². The Kier molecular flexibility index (Phi) is 4.98. The molecule has 1 N–H and O–H groups in total. The number of halogens is 1. The van der Waals surface area contributed by atoms with E-state index in [0.717, 1.165) is 0 Å². The Morgan fingerprint density at radius 2 is 2.05 bits per heavy atom. The molecule has 0 saturated carbocycles. The summed E-state index contributed by atoms with van der Waals surface area (Å²) in [5, 5.41) is 3.23. The Balaban J connectivity index is 2.35. The van der Waals surface area contributed by atoms with Gasteiger partial charge in [0.05, 0.1) is 10.7 Å². The molecule has 2 rings (SSSR count). The minimum Gasteiger partial charge on any atom is -0.323 e. The molecule has 0 saturated heterocycles. The van der Waals surface area contributed by atoms with E-state index in [2.05, 4.69) is 10.3 Å². The molecule has 0 bridgehead atoms. The van der Waals surface area contributed by atoms with Crippen molar-refractivity contribution in [2.45, 2.75) is 33.2 Å². The van der Waals surface area contributed by atoms with Gasteiger partial charge in [-0.05, 0) is 38.5 Å². The third kappa shape index (κ3) is 3.36. The van der Waals surface area contributed by atoms with Gasteiger partial charge in [-0.3, -0.25) is 9.36 Å². The molecule has 1 unspecified atom stereocenters. The monoisotopic (exact) mass is 319 g/mol. The van der Waals surface area contributed by atoms with Crippen molar-refractivity contribution in [1.82, 2.24) is 9.55 Å². The highest BCUT2D eigenvalue weighted by molar-refractivity contribution is 6.33. The highest BCUT2D eigenvalue weighted by Gasteiger charge is 2.22. The summed E-state index contributed by atoms with van der Waals surface area (Å²) < 4.78 is 1.42. The van der Waals surface area contributed by atoms with Crippen LogP contribution in [0.15, 0.2) is 35.1 Å². The van der Waals surface area contributed by atoms with Gasteiger partial charge in [-0.25, -0.2) is 4.79 Å². The quantitative estimate of drug-likeness (QED) is 0.941. The van der Waals surface area contributed by atoms with Crippen LogP contribution in [-0.4, -0.2) is 15.5 Å². The first-order valence-electron chi connectivity index (χ1n) is 7.06. The predicted octanol–water partition coefficient (Wildman–Crippen LogP) is 3.10. The fourth-order valence-electron chi connectivity index (χ4n) is 2.40. The lowest BCUT2D eigenvalue weighted by Gasteiger charge is -2.20. The first kappa shape index (κ1) is 16.2. The highest BCUT2D eigenvalue weighted by Crippen LogP contribution is 2.22. The fraction of sp³-hybridized carbons (Fsp3) is 0.312. The number of aromatic nitrogens is 2. The van der Waals surface area contributed by atoms with Crippen LogP contribution in [0.4, 0.5) is 5.69 Å². The number of aryl methyl sites for hydroxylation is 2. The summed E-state index contributed by atoms with van der Waals surface area (Å²) in [5.74, 6) is -0.286. The maximum absolute atomic E-state index is 12.5. The number of carbonyl (C=O) groups is 1. The van der Waals surface area contributed by atoms with Gasteiger partial charge in [-0.2, -0.15) is 4.98 Å². The van der Waals surface area contributed by atoms with Crippen molar-refractivity contribution < 1.29 is 4.79 Å². The molecular formula is C16H18ClN3O2. The van der Waals surface area contributed by atoms with Crippen LogP contribution < -0.4 is 11.0 Å². The van der Waals surface area contributed by atoms with Crippen LogP contribution in [0.2, 0.25) is 5.02 Å². The molecule has 0 spiro atoms. The van der Waals surface area contributed by atoms with Crippen molar-refractivity contribution in [2.75, 3.05) is 5.32 Å². The SMILES string of the molecule is CCC(C(=O)Nc1ccccc1Cl)n1c(C)cc(C)nc1=O. The molecule has 1 heterocycles. The number of hydrogen-bond acceptors (Lipinski definition) is 3. The van der Waals surface area contributed by atoms with Gasteiger partial charge in [0, 0.05) is 11.4 Å². The second-order valence-electron chi connectivity index (χ2n) is 5.08. The van der Waals surface area contributed by atoms with E-state index in [1.807, 2.05) is 6.92 Å². The average molecular weight is 320 g/mol. The van der Waals surface area contributed by atoms with Crippen LogP contribution in [0.1, 0.15) is 30.8 Å². The van der Waals surface area contributed by atoms with Gasteiger partial charge >= 0.3 is 5.69 Å². The van der Waals surface area contributed by atoms with E-state index in [1.54, 1.807) is 44.2 Å². The molecule has 0 aliphatic heterocycles. The Morgan fingerprint density at radius 3 is 2.64 bits per heavy atom. The second kappa shape index (κ2) is 6.75. The van der Waals surface area contributed by atoms with Crippen molar-refractivity contribution in [1.29, 1.82) is 0 Å². The van der Waals surface area contributed by atoms with Crippen molar-refractivity contribution in [3.8, 4) is 0 Å². The standard InChI is InChI=1S/C16H18ClN3O2/c1-4-14(20-11(3)9-10(2)18-16(20)22)15(21)19-13-8-6-5-7-12(13)17/h5-9,14H,4H2,1-3H3,(H,19,21). The van der Waals surface area contributed by atoms with Gasteiger partial charge in [-0.15, -0.1) is 0 Å². The van der Waals surface area contributed by atoms with Crippen LogP contribution in [0.3, 0.4) is 0 Å². The van der Waals surface area contributed by atoms with E-state index in [-0.39, 0.29) is 5.91 Å². The third-order valence-corrected chi connectivity index (χ3v) is 3.74. The average Bonchev–Trinajstić information content (AvgIpc) is 2.45. The van der Waals surface area contributed by atoms with Crippen LogP contribution >= 0.6 is 11.6 Å². The molecular weight excluding hydrogens is 302 g/mol. The number of nitrogens with one attached hydrogen (secondary N) is 1. The Bertz CT molecular complexity index is 755. The molecule has 0 fully saturated rings. The summed E-state index contributed by atoms with van der Waals surface area (Å²) in [7, 11) is 0. The molecule has 22 heavy (non-hydrogen) atoms. The molecule has 1 amide bonds. The zero-order valence-electron chi connectivity index (χ0n) is 12.8. The minimum absolute atomic E-state index is 0.286. The molecule has 6 heteroatoms. The van der Waals surface area contributed by atoms with Gasteiger partial charge in [-0.1, -0.05) is 30.7 Å². The number of hydrogen-bond donors (Lipinski definition) is 1. The molecule has 1 atom stereocenters. The Hall–Kier alpha value is -2.14.